The van der Waals surface area contributed by atoms with Crippen molar-refractivity contribution in [2.75, 3.05) is 5.73 Å². The number of nitrogen functional groups attached to an aromatic ring is 1. The van der Waals surface area contributed by atoms with Crippen LogP contribution in [0.5, 0.6) is 5.75 Å². The van der Waals surface area contributed by atoms with Crippen molar-refractivity contribution in [1.82, 2.24) is 5.32 Å². The molecule has 2 rings (SSSR count). The molecule has 0 radical (unpaired) electrons. The maximum atomic E-state index is 11.9. The molecule has 0 unspecified atom stereocenters. The van der Waals surface area contributed by atoms with Crippen molar-refractivity contribution in [2.24, 2.45) is 0 Å². The molecule has 0 saturated carbocycles. The van der Waals surface area contributed by atoms with Crippen molar-refractivity contribution in [3.8, 4) is 5.75 Å². The number of hydrogen-bond donors (Lipinski definition) is 3. The summed E-state index contributed by atoms with van der Waals surface area (Å²) >= 11 is 0. The summed E-state index contributed by atoms with van der Waals surface area (Å²) in [4.78, 5) is 11.9. The third-order valence-corrected chi connectivity index (χ3v) is 2.86. The molecule has 0 aliphatic heterocycles. The van der Waals surface area contributed by atoms with Crippen LogP contribution in [0.4, 0.5) is 5.69 Å². The van der Waals surface area contributed by atoms with Gasteiger partial charge in [0.05, 0.1) is 5.69 Å². The minimum atomic E-state index is -0.215. The SMILES string of the molecule is Cc1ccc(CNC(=O)c2ccc(O)c(N)c2)cc1. The molecule has 0 bridgehead atoms. The number of nitrogens with two attached hydrogens (primary N) is 1. The molecule has 0 fully saturated rings. The predicted molar refractivity (Wildman–Crippen MR) is 74.9 cm³/mol. The van der Waals surface area contributed by atoms with Crippen LogP contribution in [0.2, 0.25) is 0 Å². The normalized spacial score (nSPS) is 10.2. The van der Waals surface area contributed by atoms with E-state index in [4.69, 9.17) is 5.73 Å². The molecule has 4 nitrogen and oxygen atoms in total. The van der Waals surface area contributed by atoms with Crippen molar-refractivity contribution in [2.45, 2.75) is 13.5 Å². The molecule has 4 N–H and O–H groups in total. The Balaban J connectivity index is 2.01. The topological polar surface area (TPSA) is 75.3 Å². The molecule has 4 heteroatoms. The van der Waals surface area contributed by atoms with Crippen molar-refractivity contribution in [1.29, 1.82) is 0 Å². The molecule has 2 aromatic rings. The van der Waals surface area contributed by atoms with Gasteiger partial charge >= 0.3 is 0 Å². The summed E-state index contributed by atoms with van der Waals surface area (Å²) in [7, 11) is 0. The number of benzene rings is 2. The lowest BCUT2D eigenvalue weighted by atomic mass is 10.1. The third kappa shape index (κ3) is 3.25. The quantitative estimate of drug-likeness (QED) is 0.582. The lowest BCUT2D eigenvalue weighted by molar-refractivity contribution is 0.0951. The van der Waals surface area contributed by atoms with Gasteiger partial charge in [-0.25, -0.2) is 0 Å². The Morgan fingerprint density at radius 3 is 2.53 bits per heavy atom. The first kappa shape index (κ1) is 13.0. The lowest BCUT2D eigenvalue weighted by Crippen LogP contribution is -2.22. The maximum Gasteiger partial charge on any atom is 0.251 e. The van der Waals surface area contributed by atoms with Crippen molar-refractivity contribution >= 4 is 11.6 Å². The van der Waals surface area contributed by atoms with Gasteiger partial charge in [-0.15, -0.1) is 0 Å². The summed E-state index contributed by atoms with van der Waals surface area (Å²) < 4.78 is 0. The number of aryl methyl sites for hydroxylation is 1. The van der Waals surface area contributed by atoms with Crippen LogP contribution >= 0.6 is 0 Å². The summed E-state index contributed by atoms with van der Waals surface area (Å²) in [5.74, 6) is -0.234. The first-order valence-electron chi connectivity index (χ1n) is 5.98. The lowest BCUT2D eigenvalue weighted by Gasteiger charge is -2.07. The van der Waals surface area contributed by atoms with Crippen LogP contribution < -0.4 is 11.1 Å². The molecule has 19 heavy (non-hydrogen) atoms. The number of carbonyl (C=O) groups excluding carboxylic acids is 1. The fraction of sp³-hybridized carbons (Fsp3) is 0.133. The van der Waals surface area contributed by atoms with Gasteiger partial charge in [-0.2, -0.15) is 0 Å². The Kier molecular flexibility index (Phi) is 3.71. The monoisotopic (exact) mass is 256 g/mol. The third-order valence-electron chi connectivity index (χ3n) is 2.86. The Bertz CT molecular complexity index is 592. The van der Waals surface area contributed by atoms with Crippen molar-refractivity contribution < 1.29 is 9.90 Å². The summed E-state index contributed by atoms with van der Waals surface area (Å²) in [6.45, 7) is 2.47. The number of phenolic OH excluding ortho intramolecular Hbond substituents is 1. The number of aromatic hydroxyl groups is 1. The molecule has 0 spiro atoms. The van der Waals surface area contributed by atoms with Gasteiger partial charge in [-0.3, -0.25) is 4.79 Å². The highest BCUT2D eigenvalue weighted by Crippen LogP contribution is 2.20. The Morgan fingerprint density at radius 1 is 1.21 bits per heavy atom. The zero-order valence-electron chi connectivity index (χ0n) is 10.7. The molecule has 0 heterocycles. The average molecular weight is 256 g/mol. The minimum absolute atomic E-state index is 0.0184. The van der Waals surface area contributed by atoms with Gasteiger partial charge < -0.3 is 16.2 Å². The Labute approximate surface area is 111 Å². The Hall–Kier alpha value is -2.49. The predicted octanol–water partition coefficient (Wildman–Crippen LogP) is 2.21. The second kappa shape index (κ2) is 5.44. The number of phenols is 1. The number of hydrogen-bond acceptors (Lipinski definition) is 3. The van der Waals surface area contributed by atoms with E-state index >= 15 is 0 Å². The van der Waals surface area contributed by atoms with Gasteiger partial charge in [0.15, 0.2) is 0 Å². The van der Waals surface area contributed by atoms with Gasteiger partial charge in [-0.1, -0.05) is 29.8 Å². The maximum absolute atomic E-state index is 11.9. The summed E-state index contributed by atoms with van der Waals surface area (Å²) in [6, 6.07) is 12.4. The first-order chi connectivity index (χ1) is 9.06. The number of anilines is 1. The molecule has 98 valence electrons. The minimum Gasteiger partial charge on any atom is -0.506 e. The van der Waals surface area contributed by atoms with Crippen molar-refractivity contribution in [3.63, 3.8) is 0 Å². The number of nitrogens with one attached hydrogen (secondary N) is 1. The highest BCUT2D eigenvalue weighted by molar-refractivity contribution is 5.95. The smallest absolute Gasteiger partial charge is 0.251 e. The van der Waals surface area contributed by atoms with Crippen LogP contribution in [0, 0.1) is 6.92 Å². The van der Waals surface area contributed by atoms with Crippen LogP contribution in [-0.2, 0) is 6.54 Å². The highest BCUT2D eigenvalue weighted by atomic mass is 16.3. The van der Waals surface area contributed by atoms with Crippen LogP contribution in [0.15, 0.2) is 42.5 Å². The van der Waals surface area contributed by atoms with E-state index < -0.39 is 0 Å². The van der Waals surface area contributed by atoms with E-state index in [1.165, 1.54) is 23.8 Å². The molecule has 1 amide bonds. The van der Waals surface area contributed by atoms with E-state index in [1.807, 2.05) is 31.2 Å². The van der Waals surface area contributed by atoms with E-state index in [-0.39, 0.29) is 17.3 Å². The molecule has 2 aromatic carbocycles. The highest BCUT2D eigenvalue weighted by Gasteiger charge is 2.07. The van der Waals surface area contributed by atoms with Crippen molar-refractivity contribution in [3.05, 3.63) is 59.2 Å². The molecular formula is C15H16N2O2. The zero-order chi connectivity index (χ0) is 13.8. The van der Waals surface area contributed by atoms with Gasteiger partial charge in [0.1, 0.15) is 5.75 Å². The number of amides is 1. The van der Waals surface area contributed by atoms with Crippen LogP contribution in [0.25, 0.3) is 0 Å². The first-order valence-corrected chi connectivity index (χ1v) is 5.98. The largest absolute Gasteiger partial charge is 0.506 e. The second-order valence-electron chi connectivity index (χ2n) is 4.44. The molecule has 0 atom stereocenters. The fourth-order valence-corrected chi connectivity index (χ4v) is 1.69. The molecule has 0 aliphatic rings. The van der Waals surface area contributed by atoms with E-state index in [9.17, 15) is 9.90 Å². The van der Waals surface area contributed by atoms with Crippen LogP contribution in [0.1, 0.15) is 21.5 Å². The van der Waals surface area contributed by atoms with Gasteiger partial charge in [-0.05, 0) is 30.7 Å². The number of rotatable bonds is 3. The second-order valence-corrected chi connectivity index (χ2v) is 4.44. The molecule has 0 aliphatic carbocycles. The van der Waals surface area contributed by atoms with E-state index in [1.54, 1.807) is 0 Å². The standard InChI is InChI=1S/C15H16N2O2/c1-10-2-4-11(5-3-10)9-17-15(19)12-6-7-14(18)13(16)8-12/h2-8,18H,9,16H2,1H3,(H,17,19). The summed E-state index contributed by atoms with van der Waals surface area (Å²) in [5, 5.41) is 12.1. The molecule has 0 aromatic heterocycles. The van der Waals surface area contributed by atoms with E-state index in [2.05, 4.69) is 5.32 Å². The van der Waals surface area contributed by atoms with E-state index in [0.717, 1.165) is 5.56 Å². The zero-order valence-corrected chi connectivity index (χ0v) is 10.7. The van der Waals surface area contributed by atoms with Crippen LogP contribution in [-0.4, -0.2) is 11.0 Å². The fourth-order valence-electron chi connectivity index (χ4n) is 1.69. The summed E-state index contributed by atoms with van der Waals surface area (Å²) in [5.41, 5.74) is 8.40. The van der Waals surface area contributed by atoms with Gasteiger partial charge in [0, 0.05) is 12.1 Å². The average Bonchev–Trinajstić information content (AvgIpc) is 2.41. The van der Waals surface area contributed by atoms with Gasteiger partial charge in [0.2, 0.25) is 0 Å². The van der Waals surface area contributed by atoms with E-state index in [0.29, 0.717) is 12.1 Å². The van der Waals surface area contributed by atoms with Crippen LogP contribution in [0.3, 0.4) is 0 Å². The molecule has 0 saturated heterocycles. The van der Waals surface area contributed by atoms with Gasteiger partial charge in [0.25, 0.3) is 5.91 Å². The Morgan fingerprint density at radius 2 is 1.89 bits per heavy atom. The summed E-state index contributed by atoms with van der Waals surface area (Å²) in [6.07, 6.45) is 0. The number of carbonyl (C=O) groups is 1. The molecular weight excluding hydrogens is 240 g/mol.